The van der Waals surface area contributed by atoms with Crippen LogP contribution < -0.4 is 10.2 Å². The molecule has 24 nitrogen and oxygen atoms in total. The van der Waals surface area contributed by atoms with E-state index in [0.29, 0.717) is 36.4 Å². The second-order valence-electron chi connectivity index (χ2n) is 5.08. The van der Waals surface area contributed by atoms with Crippen molar-refractivity contribution in [3.05, 3.63) is 88.0 Å². The maximum atomic E-state index is 10.4. The van der Waals surface area contributed by atoms with Gasteiger partial charge in [-0.3, -0.25) is 40.5 Å². The van der Waals surface area contributed by atoms with Crippen molar-refractivity contribution < 1.29 is 100 Å². The van der Waals surface area contributed by atoms with E-state index in [1.807, 2.05) is 0 Å². The SMILES string of the molecule is O.O.O.O.O=C([O-])c1cc([N+](=O)[O-])cc([N+](=O)[O-])c1.O=C([O-])c1cc([N+](=O)[O-])cc([N+](=O)[O-])c1.[Co+2].[OH3+].[OH3+].[OH3+].[OH3+]. The Kier molecular flexibility index (Phi) is 37.8. The molecular weight excluding hydrogens is 603 g/mol. The van der Waals surface area contributed by atoms with Crippen molar-refractivity contribution in [2.24, 2.45) is 0 Å². The number of benzene rings is 2. The first-order valence-corrected chi connectivity index (χ1v) is 7.14. The zero-order valence-electron chi connectivity index (χ0n) is 18.8. The minimum absolute atomic E-state index is 0. The Labute approximate surface area is 223 Å². The fourth-order valence-electron chi connectivity index (χ4n) is 1.85. The summed E-state index contributed by atoms with van der Waals surface area (Å²) in [6.07, 6.45) is 0. The van der Waals surface area contributed by atoms with Crippen LogP contribution in [-0.4, -0.2) is 53.5 Å². The van der Waals surface area contributed by atoms with Gasteiger partial charge in [-0.15, -0.1) is 0 Å². The Bertz CT molecular complexity index is 853. The summed E-state index contributed by atoms with van der Waals surface area (Å²) in [5.41, 5.74) is -3.86. The molecule has 0 bridgehead atoms. The second kappa shape index (κ2) is 24.8. The van der Waals surface area contributed by atoms with Crippen LogP contribution in [-0.2, 0) is 38.7 Å². The van der Waals surface area contributed by atoms with E-state index in [0.717, 1.165) is 0 Å². The Morgan fingerprint density at radius 3 is 0.718 bits per heavy atom. The molecular formula is C14H26CoN4O20+4. The number of hydrogen-bond donors (Lipinski definition) is 0. The third-order valence-electron chi connectivity index (χ3n) is 3.12. The zero-order valence-corrected chi connectivity index (χ0v) is 19.8. The zero-order chi connectivity index (χ0) is 23.2. The normalized spacial score (nSPS) is 7.38. The van der Waals surface area contributed by atoms with Crippen LogP contribution in [0, 0.1) is 40.5 Å². The summed E-state index contributed by atoms with van der Waals surface area (Å²) in [6, 6.07) is 4.13. The molecule has 0 amide bonds. The van der Waals surface area contributed by atoms with Crippen molar-refractivity contribution in [1.82, 2.24) is 0 Å². The molecule has 0 fully saturated rings. The maximum Gasteiger partial charge on any atom is 2.00 e. The number of carboxylic acid groups (broad SMARTS) is 2. The maximum absolute atomic E-state index is 10.4. The van der Waals surface area contributed by atoms with Crippen molar-refractivity contribution in [1.29, 1.82) is 0 Å². The fraction of sp³-hybridized carbons (Fsp3) is 0. The summed E-state index contributed by atoms with van der Waals surface area (Å²) in [5.74, 6) is -3.41. The molecule has 0 aliphatic carbocycles. The topological polar surface area (TPSA) is 511 Å². The predicted octanol–water partition coefficient (Wildman–Crippen LogP) is -7.26. The summed E-state index contributed by atoms with van der Waals surface area (Å²) in [5, 5.41) is 62.1. The van der Waals surface area contributed by atoms with E-state index in [2.05, 4.69) is 0 Å². The molecule has 25 heteroatoms. The number of aromatic carboxylic acids is 2. The number of hydrogen-bond acceptors (Lipinski definition) is 12. The molecule has 2 aromatic rings. The molecule has 0 aromatic heterocycles. The molecule has 0 aliphatic heterocycles. The van der Waals surface area contributed by atoms with Gasteiger partial charge in [-0.1, -0.05) is 0 Å². The van der Waals surface area contributed by atoms with Crippen LogP contribution >= 0.6 is 0 Å². The number of carbonyl (C=O) groups is 2. The van der Waals surface area contributed by atoms with Crippen molar-refractivity contribution >= 4 is 34.7 Å². The van der Waals surface area contributed by atoms with Crippen LogP contribution in [0.15, 0.2) is 36.4 Å². The van der Waals surface area contributed by atoms with Gasteiger partial charge in [0.2, 0.25) is 0 Å². The first-order chi connectivity index (χ1) is 13.8. The van der Waals surface area contributed by atoms with Gasteiger partial charge in [0.25, 0.3) is 22.7 Å². The van der Waals surface area contributed by atoms with Crippen molar-refractivity contribution in [3.63, 3.8) is 0 Å². The van der Waals surface area contributed by atoms with Crippen LogP contribution in [0.5, 0.6) is 0 Å². The molecule has 0 spiro atoms. The summed E-state index contributed by atoms with van der Waals surface area (Å²) in [6.45, 7) is 0. The van der Waals surface area contributed by atoms with Crippen LogP contribution in [0.25, 0.3) is 0 Å². The number of carboxylic acids is 2. The van der Waals surface area contributed by atoms with Gasteiger partial charge in [0.15, 0.2) is 0 Å². The molecule has 0 heterocycles. The Balaban J connectivity index is -0.0000000536. The fourth-order valence-corrected chi connectivity index (χ4v) is 1.85. The van der Waals surface area contributed by atoms with Gasteiger partial charge in [0, 0.05) is 35.4 Å². The molecule has 2 rings (SSSR count). The number of nitro groups is 4. The third kappa shape index (κ3) is 17.3. The molecule has 0 unspecified atom stereocenters. The Morgan fingerprint density at radius 1 is 0.462 bits per heavy atom. The summed E-state index contributed by atoms with van der Waals surface area (Å²) < 4.78 is 0. The molecule has 0 aliphatic rings. The van der Waals surface area contributed by atoms with E-state index in [-0.39, 0.29) is 60.6 Å². The van der Waals surface area contributed by atoms with Crippen molar-refractivity contribution in [3.8, 4) is 0 Å². The standard InChI is InChI=1S/2C7H4N2O6.Co.8H2O/c2*10-7(11)4-1-5(8(12)13)3-6(2-4)9(14)15;;;;;;;;;/h2*1-3H,(H,10,11);;8*1H2/q;;+2;;;;;;;;/p+2. The molecule has 0 saturated heterocycles. The van der Waals surface area contributed by atoms with E-state index in [4.69, 9.17) is 0 Å². The molecule has 39 heavy (non-hydrogen) atoms. The minimum Gasteiger partial charge on any atom is -0.545 e. The van der Waals surface area contributed by atoms with E-state index in [9.17, 15) is 60.3 Å². The van der Waals surface area contributed by atoms with Crippen LogP contribution in [0.2, 0.25) is 0 Å². The largest absolute Gasteiger partial charge is 2.00 e. The van der Waals surface area contributed by atoms with Gasteiger partial charge in [-0.2, -0.15) is 0 Å². The average Bonchev–Trinajstić information content (AvgIpc) is 2.67. The van der Waals surface area contributed by atoms with Crippen molar-refractivity contribution in [2.45, 2.75) is 0 Å². The molecule has 1 radical (unpaired) electrons. The monoisotopic (exact) mass is 629 g/mol. The Hall–Kier alpha value is -4.83. The van der Waals surface area contributed by atoms with Gasteiger partial charge in [-0.05, 0) is 0 Å². The van der Waals surface area contributed by atoms with Gasteiger partial charge in [-0.25, -0.2) is 0 Å². The smallest absolute Gasteiger partial charge is 0.545 e. The van der Waals surface area contributed by atoms with E-state index >= 15 is 0 Å². The predicted molar refractivity (Wildman–Crippen MR) is 122 cm³/mol. The van der Waals surface area contributed by atoms with E-state index < -0.39 is 65.5 Å². The summed E-state index contributed by atoms with van der Waals surface area (Å²) >= 11 is 0. The Morgan fingerprint density at radius 2 is 0.615 bits per heavy atom. The minimum atomic E-state index is -1.71. The van der Waals surface area contributed by atoms with Gasteiger partial charge < -0.3 is 63.6 Å². The van der Waals surface area contributed by atoms with E-state index in [1.54, 1.807) is 0 Å². The quantitative estimate of drug-likeness (QED) is 0.163. The molecule has 227 valence electrons. The average molecular weight is 629 g/mol. The van der Waals surface area contributed by atoms with Crippen LogP contribution in [0.1, 0.15) is 20.7 Å². The molecule has 20 N–H and O–H groups in total. The number of carbonyl (C=O) groups excluding carboxylic acids is 2. The third-order valence-corrected chi connectivity index (χ3v) is 3.12. The van der Waals surface area contributed by atoms with Gasteiger partial charge in [0.1, 0.15) is 0 Å². The van der Waals surface area contributed by atoms with Crippen LogP contribution in [0.3, 0.4) is 0 Å². The van der Waals surface area contributed by atoms with Crippen LogP contribution in [0.4, 0.5) is 22.7 Å². The molecule has 2 aromatic carbocycles. The first-order valence-electron chi connectivity index (χ1n) is 7.14. The summed E-state index contributed by atoms with van der Waals surface area (Å²) in [4.78, 5) is 58.4. The summed E-state index contributed by atoms with van der Waals surface area (Å²) in [7, 11) is 0. The second-order valence-corrected chi connectivity index (χ2v) is 5.08. The van der Waals surface area contributed by atoms with E-state index in [1.165, 1.54) is 0 Å². The number of nitrogens with zero attached hydrogens (tertiary/aromatic N) is 4. The first kappa shape index (κ1) is 59.3. The number of non-ortho nitro benzene ring substituents is 4. The number of rotatable bonds is 6. The van der Waals surface area contributed by atoms with Crippen molar-refractivity contribution in [2.75, 3.05) is 0 Å². The van der Waals surface area contributed by atoms with Gasteiger partial charge in [0.05, 0.1) is 43.8 Å². The molecule has 0 atom stereocenters. The van der Waals surface area contributed by atoms with Gasteiger partial charge >= 0.3 is 16.8 Å². The molecule has 0 saturated carbocycles. The number of nitro benzene ring substituents is 4.